The molecule has 0 bridgehead atoms. The van der Waals surface area contributed by atoms with Crippen molar-refractivity contribution in [3.8, 4) is 0 Å². The van der Waals surface area contributed by atoms with Crippen LogP contribution in [0.15, 0.2) is 37.1 Å². The number of amides is 1. The Hall–Kier alpha value is -3.03. The van der Waals surface area contributed by atoms with Crippen molar-refractivity contribution < 1.29 is 4.79 Å². The van der Waals surface area contributed by atoms with Crippen LogP contribution in [0.4, 0.5) is 5.82 Å². The van der Waals surface area contributed by atoms with Gasteiger partial charge in [0, 0.05) is 51.2 Å². The van der Waals surface area contributed by atoms with Gasteiger partial charge in [-0.15, -0.1) is 0 Å². The average molecular weight is 323 g/mol. The number of hydrogen-bond acceptors (Lipinski definition) is 6. The van der Waals surface area contributed by atoms with Gasteiger partial charge in [0.25, 0.3) is 5.91 Å². The summed E-state index contributed by atoms with van der Waals surface area (Å²) in [4.78, 5) is 29.2. The Morgan fingerprint density at radius 2 is 1.83 bits per heavy atom. The Labute approximate surface area is 138 Å². The second kappa shape index (κ2) is 5.88. The van der Waals surface area contributed by atoms with Crippen LogP contribution >= 0.6 is 0 Å². The van der Waals surface area contributed by atoms with Crippen LogP contribution < -0.4 is 4.90 Å². The van der Waals surface area contributed by atoms with Crippen molar-refractivity contribution in [1.82, 2.24) is 29.6 Å². The molecule has 0 aromatic carbocycles. The fourth-order valence-corrected chi connectivity index (χ4v) is 3.00. The van der Waals surface area contributed by atoms with Gasteiger partial charge < -0.3 is 9.80 Å². The van der Waals surface area contributed by atoms with E-state index in [4.69, 9.17) is 0 Å². The monoisotopic (exact) mass is 323 g/mol. The fourth-order valence-electron chi connectivity index (χ4n) is 3.00. The average Bonchev–Trinajstić information content (AvgIpc) is 3.03. The molecule has 0 unspecified atom stereocenters. The van der Waals surface area contributed by atoms with Gasteiger partial charge in [-0.3, -0.25) is 14.5 Å². The lowest BCUT2D eigenvalue weighted by Crippen LogP contribution is -2.49. The molecule has 1 saturated heterocycles. The summed E-state index contributed by atoms with van der Waals surface area (Å²) in [6.07, 6.45) is 6.64. The maximum Gasteiger partial charge on any atom is 0.254 e. The van der Waals surface area contributed by atoms with Crippen molar-refractivity contribution in [2.45, 2.75) is 0 Å². The number of anilines is 1. The van der Waals surface area contributed by atoms with E-state index >= 15 is 0 Å². The highest BCUT2D eigenvalue weighted by Gasteiger charge is 2.24. The summed E-state index contributed by atoms with van der Waals surface area (Å²) in [5.74, 6) is 0.926. The van der Waals surface area contributed by atoms with Crippen LogP contribution in [0.5, 0.6) is 0 Å². The molecule has 8 heteroatoms. The van der Waals surface area contributed by atoms with Gasteiger partial charge in [0.15, 0.2) is 5.65 Å². The highest BCUT2D eigenvalue weighted by Crippen LogP contribution is 2.23. The van der Waals surface area contributed by atoms with Gasteiger partial charge in [-0.25, -0.2) is 9.97 Å². The van der Waals surface area contributed by atoms with E-state index in [1.54, 1.807) is 41.7 Å². The summed E-state index contributed by atoms with van der Waals surface area (Å²) < 4.78 is 1.74. The summed E-state index contributed by atoms with van der Waals surface area (Å²) >= 11 is 0. The lowest BCUT2D eigenvalue weighted by Gasteiger charge is -2.35. The van der Waals surface area contributed by atoms with E-state index in [1.807, 2.05) is 11.9 Å². The second-order valence-electron chi connectivity index (χ2n) is 5.72. The zero-order chi connectivity index (χ0) is 16.5. The molecule has 0 N–H and O–H groups in total. The van der Waals surface area contributed by atoms with E-state index in [-0.39, 0.29) is 5.91 Å². The van der Waals surface area contributed by atoms with E-state index in [0.29, 0.717) is 18.7 Å². The van der Waals surface area contributed by atoms with Gasteiger partial charge in [0.2, 0.25) is 0 Å². The summed E-state index contributed by atoms with van der Waals surface area (Å²) in [6, 6.07) is 3.50. The van der Waals surface area contributed by atoms with Gasteiger partial charge in [0.1, 0.15) is 12.1 Å². The predicted molar refractivity (Wildman–Crippen MR) is 88.7 cm³/mol. The summed E-state index contributed by atoms with van der Waals surface area (Å²) in [6.45, 7) is 2.79. The van der Waals surface area contributed by atoms with Crippen LogP contribution in [0.1, 0.15) is 10.4 Å². The number of piperazine rings is 1. The number of aryl methyl sites for hydroxylation is 1. The minimum Gasteiger partial charge on any atom is -0.352 e. The molecule has 8 nitrogen and oxygen atoms in total. The van der Waals surface area contributed by atoms with Gasteiger partial charge in [0.05, 0.1) is 11.6 Å². The number of pyridine rings is 1. The minimum absolute atomic E-state index is 0.0475. The minimum atomic E-state index is 0.0475. The molecule has 0 aliphatic carbocycles. The van der Waals surface area contributed by atoms with Crippen molar-refractivity contribution in [2.75, 3.05) is 31.1 Å². The first kappa shape index (κ1) is 14.6. The van der Waals surface area contributed by atoms with E-state index in [0.717, 1.165) is 29.9 Å². The predicted octanol–water partition coefficient (Wildman–Crippen LogP) is 0.721. The molecule has 0 radical (unpaired) electrons. The molecule has 122 valence electrons. The molecule has 0 spiro atoms. The number of hydrogen-bond donors (Lipinski definition) is 0. The molecular weight excluding hydrogens is 306 g/mol. The maximum absolute atomic E-state index is 12.5. The zero-order valence-corrected chi connectivity index (χ0v) is 13.3. The molecule has 0 saturated carbocycles. The molecule has 0 atom stereocenters. The molecule has 4 heterocycles. The lowest BCUT2D eigenvalue weighted by molar-refractivity contribution is 0.0746. The first-order valence-electron chi connectivity index (χ1n) is 7.81. The fraction of sp³-hybridized carbons (Fsp3) is 0.312. The normalized spacial score (nSPS) is 15.0. The van der Waals surface area contributed by atoms with Crippen molar-refractivity contribution >= 4 is 22.8 Å². The van der Waals surface area contributed by atoms with E-state index in [9.17, 15) is 4.79 Å². The van der Waals surface area contributed by atoms with E-state index in [2.05, 4.69) is 25.0 Å². The smallest absolute Gasteiger partial charge is 0.254 e. The highest BCUT2D eigenvalue weighted by molar-refractivity contribution is 5.94. The van der Waals surface area contributed by atoms with Crippen LogP contribution in [0, 0.1) is 0 Å². The van der Waals surface area contributed by atoms with Gasteiger partial charge in [-0.05, 0) is 12.1 Å². The van der Waals surface area contributed by atoms with Crippen molar-refractivity contribution in [1.29, 1.82) is 0 Å². The molecule has 3 aromatic heterocycles. The molecular formula is C16H17N7O. The topological polar surface area (TPSA) is 80.0 Å². The first-order chi connectivity index (χ1) is 11.7. The Morgan fingerprint density at radius 3 is 2.58 bits per heavy atom. The van der Waals surface area contributed by atoms with Gasteiger partial charge in [-0.1, -0.05) is 0 Å². The molecule has 4 rings (SSSR count). The number of nitrogens with zero attached hydrogens (tertiary/aromatic N) is 7. The highest BCUT2D eigenvalue weighted by atomic mass is 16.2. The molecule has 1 amide bonds. The van der Waals surface area contributed by atoms with E-state index < -0.39 is 0 Å². The van der Waals surface area contributed by atoms with Crippen LogP contribution in [-0.2, 0) is 7.05 Å². The van der Waals surface area contributed by atoms with Gasteiger partial charge >= 0.3 is 0 Å². The van der Waals surface area contributed by atoms with Gasteiger partial charge in [-0.2, -0.15) is 5.10 Å². The molecule has 1 aliphatic heterocycles. The number of aromatic nitrogens is 5. The molecule has 1 aliphatic rings. The number of fused-ring (bicyclic) bond motifs is 1. The Kier molecular flexibility index (Phi) is 3.56. The summed E-state index contributed by atoms with van der Waals surface area (Å²) in [5.41, 5.74) is 1.49. The first-order valence-corrected chi connectivity index (χ1v) is 7.81. The third-order valence-electron chi connectivity index (χ3n) is 4.30. The third kappa shape index (κ3) is 2.45. The van der Waals surface area contributed by atoms with Crippen molar-refractivity contribution in [3.05, 3.63) is 42.6 Å². The Morgan fingerprint density at radius 1 is 1.08 bits per heavy atom. The van der Waals surface area contributed by atoms with Crippen LogP contribution in [0.2, 0.25) is 0 Å². The SMILES string of the molecule is Cn1ncc2c(N3CCN(C(=O)c4ccncc4)CC3)ncnc21. The quantitative estimate of drug-likeness (QED) is 0.691. The molecule has 3 aromatic rings. The van der Waals surface area contributed by atoms with Crippen LogP contribution in [-0.4, -0.2) is 61.7 Å². The largest absolute Gasteiger partial charge is 0.352 e. The lowest BCUT2D eigenvalue weighted by atomic mass is 10.2. The Bertz CT molecular complexity index is 869. The molecule has 1 fully saturated rings. The number of carbonyl (C=O) groups is 1. The third-order valence-corrected chi connectivity index (χ3v) is 4.30. The van der Waals surface area contributed by atoms with Crippen molar-refractivity contribution in [3.63, 3.8) is 0 Å². The summed E-state index contributed by atoms with van der Waals surface area (Å²) in [7, 11) is 1.87. The summed E-state index contributed by atoms with van der Waals surface area (Å²) in [5, 5.41) is 5.19. The number of rotatable bonds is 2. The Balaban J connectivity index is 1.51. The van der Waals surface area contributed by atoms with Crippen LogP contribution in [0.3, 0.4) is 0 Å². The maximum atomic E-state index is 12.5. The number of carbonyl (C=O) groups excluding carboxylic acids is 1. The zero-order valence-electron chi connectivity index (χ0n) is 13.3. The molecule has 24 heavy (non-hydrogen) atoms. The van der Waals surface area contributed by atoms with E-state index in [1.165, 1.54) is 0 Å². The second-order valence-corrected chi connectivity index (χ2v) is 5.72. The van der Waals surface area contributed by atoms with Crippen molar-refractivity contribution in [2.24, 2.45) is 7.05 Å². The van der Waals surface area contributed by atoms with Crippen LogP contribution in [0.25, 0.3) is 11.0 Å². The standard InChI is InChI=1S/C16H17N7O/c1-21-14-13(10-20-21)15(19-11-18-14)22-6-8-23(9-7-22)16(24)12-2-4-17-5-3-12/h2-5,10-11H,6-9H2,1H3.